The van der Waals surface area contributed by atoms with E-state index in [1.807, 2.05) is 48.5 Å². The Kier molecular flexibility index (Phi) is 5.50. The maximum Gasteiger partial charge on any atom is 0.250 e. The first kappa shape index (κ1) is 18.4. The van der Waals surface area contributed by atoms with Crippen LogP contribution in [0.5, 0.6) is 5.75 Å². The average Bonchev–Trinajstić information content (AvgIpc) is 2.46. The van der Waals surface area contributed by atoms with Crippen molar-refractivity contribution in [3.05, 3.63) is 64.7 Å². The van der Waals surface area contributed by atoms with Crippen LogP contribution in [-0.4, -0.2) is 8.32 Å². The second-order valence-corrected chi connectivity index (χ2v) is 12.9. The Morgan fingerprint density at radius 1 is 0.957 bits per heavy atom. The molecule has 23 heavy (non-hydrogen) atoms. The third kappa shape index (κ3) is 4.12. The van der Waals surface area contributed by atoms with Crippen molar-refractivity contribution in [1.29, 1.82) is 0 Å². The lowest BCUT2D eigenvalue weighted by Crippen LogP contribution is -2.44. The lowest BCUT2D eigenvalue weighted by molar-refractivity contribution is 0.487. The highest BCUT2D eigenvalue weighted by Gasteiger charge is 2.39. The van der Waals surface area contributed by atoms with Crippen LogP contribution in [0.2, 0.25) is 23.2 Å². The summed E-state index contributed by atoms with van der Waals surface area (Å²) in [4.78, 5) is 0. The van der Waals surface area contributed by atoms with E-state index >= 15 is 0 Å². The minimum atomic E-state index is -1.96. The van der Waals surface area contributed by atoms with E-state index in [-0.39, 0.29) is 10.4 Å². The van der Waals surface area contributed by atoms with Crippen molar-refractivity contribution in [2.45, 2.75) is 44.3 Å². The Labute approximate surface area is 150 Å². The standard InChI is InChI=1S/C19H24Cl2OSi/c1-19(2,3)23(4,5)22-16-13-9-12-15(20)17(16)18(21)14-10-7-6-8-11-14/h6-13,18H,1-5H3. The first-order valence-electron chi connectivity index (χ1n) is 7.80. The van der Waals surface area contributed by atoms with Crippen LogP contribution >= 0.6 is 23.2 Å². The summed E-state index contributed by atoms with van der Waals surface area (Å²) in [5.74, 6) is 0.799. The maximum absolute atomic E-state index is 6.74. The summed E-state index contributed by atoms with van der Waals surface area (Å²) in [7, 11) is -1.96. The molecule has 0 bridgehead atoms. The van der Waals surface area contributed by atoms with Crippen LogP contribution in [0.1, 0.15) is 37.3 Å². The minimum Gasteiger partial charge on any atom is -0.543 e. The Morgan fingerprint density at radius 3 is 2.13 bits per heavy atom. The van der Waals surface area contributed by atoms with Gasteiger partial charge in [0, 0.05) is 10.6 Å². The third-order valence-corrected chi connectivity index (χ3v) is 9.67. The van der Waals surface area contributed by atoms with Crippen LogP contribution in [0, 0.1) is 0 Å². The van der Waals surface area contributed by atoms with E-state index in [4.69, 9.17) is 27.6 Å². The molecule has 0 aromatic heterocycles. The van der Waals surface area contributed by atoms with Gasteiger partial charge in [-0.1, -0.05) is 68.8 Å². The number of halogens is 2. The number of rotatable bonds is 4. The van der Waals surface area contributed by atoms with Gasteiger partial charge in [-0.3, -0.25) is 0 Å². The Balaban J connectivity index is 2.45. The van der Waals surface area contributed by atoms with E-state index in [9.17, 15) is 0 Å². The Hall–Kier alpha value is -0.963. The zero-order valence-corrected chi connectivity index (χ0v) is 16.9. The smallest absolute Gasteiger partial charge is 0.250 e. The van der Waals surface area contributed by atoms with E-state index in [2.05, 4.69) is 33.9 Å². The van der Waals surface area contributed by atoms with E-state index in [0.29, 0.717) is 5.02 Å². The van der Waals surface area contributed by atoms with Crippen LogP contribution in [0.3, 0.4) is 0 Å². The van der Waals surface area contributed by atoms with E-state index < -0.39 is 8.32 Å². The van der Waals surface area contributed by atoms with E-state index in [1.165, 1.54) is 0 Å². The van der Waals surface area contributed by atoms with Gasteiger partial charge in [-0.25, -0.2) is 0 Å². The SMILES string of the molecule is CC(C)(C)[Si](C)(C)Oc1cccc(Cl)c1C(Cl)c1ccccc1. The van der Waals surface area contributed by atoms with Gasteiger partial charge in [0.25, 0.3) is 0 Å². The summed E-state index contributed by atoms with van der Waals surface area (Å²) in [5, 5.41) is 0.427. The van der Waals surface area contributed by atoms with Gasteiger partial charge in [0.2, 0.25) is 8.32 Å². The largest absolute Gasteiger partial charge is 0.543 e. The van der Waals surface area contributed by atoms with Crippen molar-refractivity contribution < 1.29 is 4.43 Å². The predicted octanol–water partition coefficient (Wildman–Crippen LogP) is 7.05. The molecule has 0 saturated carbocycles. The van der Waals surface area contributed by atoms with Crippen LogP contribution in [0.15, 0.2) is 48.5 Å². The zero-order valence-electron chi connectivity index (χ0n) is 14.4. The summed E-state index contributed by atoms with van der Waals surface area (Å²) >= 11 is 13.2. The molecule has 124 valence electrons. The van der Waals surface area contributed by atoms with Crippen molar-refractivity contribution in [2.75, 3.05) is 0 Å². The van der Waals surface area contributed by atoms with Crippen molar-refractivity contribution in [3.8, 4) is 5.75 Å². The maximum atomic E-state index is 6.74. The molecule has 0 aliphatic carbocycles. The molecule has 2 aromatic rings. The average molecular weight is 367 g/mol. The molecular formula is C19H24Cl2OSi. The van der Waals surface area contributed by atoms with Crippen molar-refractivity contribution in [3.63, 3.8) is 0 Å². The second-order valence-electron chi connectivity index (χ2n) is 7.29. The van der Waals surface area contributed by atoms with Crippen LogP contribution < -0.4 is 4.43 Å². The fourth-order valence-corrected chi connectivity index (χ4v) is 3.80. The highest BCUT2D eigenvalue weighted by molar-refractivity contribution is 6.74. The van der Waals surface area contributed by atoms with Crippen molar-refractivity contribution in [2.24, 2.45) is 0 Å². The predicted molar refractivity (Wildman–Crippen MR) is 103 cm³/mol. The lowest BCUT2D eigenvalue weighted by atomic mass is 10.0. The van der Waals surface area contributed by atoms with Gasteiger partial charge >= 0.3 is 0 Å². The molecule has 0 N–H and O–H groups in total. The Morgan fingerprint density at radius 2 is 1.57 bits per heavy atom. The quantitative estimate of drug-likeness (QED) is 0.415. The molecule has 0 radical (unpaired) electrons. The molecule has 1 atom stereocenters. The summed E-state index contributed by atoms with van der Waals surface area (Å²) < 4.78 is 6.49. The van der Waals surface area contributed by atoms with Gasteiger partial charge in [0.05, 0.1) is 5.38 Å². The van der Waals surface area contributed by atoms with Gasteiger partial charge in [0.15, 0.2) is 0 Å². The molecule has 1 unspecified atom stereocenters. The van der Waals surface area contributed by atoms with Gasteiger partial charge in [0.1, 0.15) is 5.75 Å². The van der Waals surface area contributed by atoms with Crippen LogP contribution in [0.25, 0.3) is 0 Å². The van der Waals surface area contributed by atoms with Crippen molar-refractivity contribution in [1.82, 2.24) is 0 Å². The van der Waals surface area contributed by atoms with E-state index in [1.54, 1.807) is 0 Å². The second kappa shape index (κ2) is 6.88. The molecule has 2 rings (SSSR count). The molecule has 4 heteroatoms. The molecular weight excluding hydrogens is 343 g/mol. The van der Waals surface area contributed by atoms with E-state index in [0.717, 1.165) is 16.9 Å². The summed E-state index contributed by atoms with van der Waals surface area (Å²) in [6, 6.07) is 15.7. The number of benzene rings is 2. The molecule has 1 nitrogen and oxygen atoms in total. The topological polar surface area (TPSA) is 9.23 Å². The molecule has 2 aromatic carbocycles. The summed E-state index contributed by atoms with van der Waals surface area (Å²) in [6.45, 7) is 11.1. The highest BCUT2D eigenvalue weighted by atomic mass is 35.5. The minimum absolute atomic E-state index is 0.112. The summed E-state index contributed by atoms with van der Waals surface area (Å²) in [6.07, 6.45) is 0. The summed E-state index contributed by atoms with van der Waals surface area (Å²) in [5.41, 5.74) is 1.87. The fourth-order valence-electron chi connectivity index (χ4n) is 2.07. The molecule has 0 aliphatic heterocycles. The Bertz CT molecular complexity index is 663. The first-order chi connectivity index (χ1) is 10.6. The van der Waals surface area contributed by atoms with Gasteiger partial charge in [-0.2, -0.15) is 0 Å². The first-order valence-corrected chi connectivity index (χ1v) is 11.5. The number of hydrogen-bond donors (Lipinski definition) is 0. The molecule has 0 spiro atoms. The highest BCUT2D eigenvalue weighted by Crippen LogP contribution is 2.43. The molecule has 0 aliphatic rings. The number of hydrogen-bond acceptors (Lipinski definition) is 1. The van der Waals surface area contributed by atoms with Gasteiger partial charge in [-0.05, 0) is 35.8 Å². The van der Waals surface area contributed by atoms with Gasteiger partial charge in [-0.15, -0.1) is 11.6 Å². The number of alkyl halides is 1. The lowest BCUT2D eigenvalue weighted by Gasteiger charge is -2.37. The normalized spacial score (nSPS) is 13.7. The fraction of sp³-hybridized carbons (Fsp3) is 0.368. The van der Waals surface area contributed by atoms with Crippen LogP contribution in [-0.2, 0) is 0 Å². The van der Waals surface area contributed by atoms with Crippen molar-refractivity contribution >= 4 is 31.5 Å². The zero-order chi connectivity index (χ0) is 17.3. The van der Waals surface area contributed by atoms with Crippen LogP contribution in [0.4, 0.5) is 0 Å². The third-order valence-electron chi connectivity index (χ3n) is 4.53. The monoisotopic (exact) mass is 366 g/mol. The molecule has 0 saturated heterocycles. The molecule has 0 amide bonds. The van der Waals surface area contributed by atoms with Gasteiger partial charge < -0.3 is 4.43 Å². The molecule has 0 fully saturated rings. The molecule has 0 heterocycles.